The molecule has 0 aliphatic rings. The van der Waals surface area contributed by atoms with Crippen molar-refractivity contribution in [3.8, 4) is 5.75 Å². The van der Waals surface area contributed by atoms with E-state index in [4.69, 9.17) is 4.74 Å². The number of anilines is 2. The van der Waals surface area contributed by atoms with Gasteiger partial charge in [0.1, 0.15) is 12.3 Å². The summed E-state index contributed by atoms with van der Waals surface area (Å²) in [6, 6.07) is 11.4. The van der Waals surface area contributed by atoms with Gasteiger partial charge in [-0.25, -0.2) is 8.42 Å². The van der Waals surface area contributed by atoms with E-state index in [1.54, 1.807) is 42.1 Å². The van der Waals surface area contributed by atoms with Gasteiger partial charge in [-0.15, -0.1) is 10.2 Å². The van der Waals surface area contributed by atoms with E-state index in [1.165, 1.54) is 30.6 Å². The predicted octanol–water partition coefficient (Wildman–Crippen LogP) is 4.95. The van der Waals surface area contributed by atoms with Gasteiger partial charge in [0.05, 0.1) is 22.2 Å². The lowest BCUT2D eigenvalue weighted by atomic mass is 10.2. The first-order valence-corrected chi connectivity index (χ1v) is 14.0. The number of hydrogen-bond acceptors (Lipinski definition) is 8. The van der Waals surface area contributed by atoms with Gasteiger partial charge in [-0.2, -0.15) is 0 Å². The van der Waals surface area contributed by atoms with Crippen LogP contribution in [0, 0.1) is 6.92 Å². The first-order chi connectivity index (χ1) is 15.7. The highest BCUT2D eigenvalue weighted by atomic mass is 79.9. The molecule has 12 heteroatoms. The van der Waals surface area contributed by atoms with Crippen molar-refractivity contribution in [3.05, 3.63) is 52.5 Å². The Balaban J connectivity index is 1.88. The van der Waals surface area contributed by atoms with Gasteiger partial charge < -0.3 is 4.74 Å². The van der Waals surface area contributed by atoms with Crippen molar-refractivity contribution in [2.24, 2.45) is 0 Å². The quantitative estimate of drug-likeness (QED) is 0.271. The van der Waals surface area contributed by atoms with Gasteiger partial charge >= 0.3 is 0 Å². The standard InChI is InChI=1S/C21H23BrN4O4S3/c1-4-11-31-21-25-24-20(32-21)23-19(27)13-26(15-7-5-14(2)6-8-15)33(28,29)16-9-10-18(30-3)17(22)12-16/h5-10,12H,4,11,13H2,1-3H3,(H,23,24,27). The second kappa shape index (κ2) is 11.3. The van der Waals surface area contributed by atoms with Gasteiger partial charge in [0.15, 0.2) is 4.34 Å². The molecule has 0 fully saturated rings. The first-order valence-electron chi connectivity index (χ1n) is 9.93. The third kappa shape index (κ3) is 6.46. The molecule has 1 amide bonds. The smallest absolute Gasteiger partial charge is 0.264 e. The zero-order chi connectivity index (χ0) is 24.0. The summed E-state index contributed by atoms with van der Waals surface area (Å²) in [4.78, 5) is 12.8. The normalized spacial score (nSPS) is 11.3. The maximum absolute atomic E-state index is 13.5. The summed E-state index contributed by atoms with van der Waals surface area (Å²) >= 11 is 6.14. The number of halogens is 1. The van der Waals surface area contributed by atoms with E-state index >= 15 is 0 Å². The zero-order valence-electron chi connectivity index (χ0n) is 18.2. The average molecular weight is 572 g/mol. The van der Waals surface area contributed by atoms with Gasteiger partial charge in [-0.3, -0.25) is 14.4 Å². The lowest BCUT2D eigenvalue weighted by Crippen LogP contribution is -2.38. The van der Waals surface area contributed by atoms with Crippen LogP contribution in [0.15, 0.2) is 56.2 Å². The molecule has 1 heterocycles. The second-order valence-electron chi connectivity index (χ2n) is 6.91. The molecule has 176 valence electrons. The van der Waals surface area contributed by atoms with Gasteiger partial charge in [-0.05, 0) is 59.6 Å². The lowest BCUT2D eigenvalue weighted by Gasteiger charge is -2.24. The van der Waals surface area contributed by atoms with E-state index in [9.17, 15) is 13.2 Å². The van der Waals surface area contributed by atoms with Crippen molar-refractivity contribution in [3.63, 3.8) is 0 Å². The van der Waals surface area contributed by atoms with Crippen molar-refractivity contribution in [2.75, 3.05) is 29.0 Å². The molecular formula is C21H23BrN4O4S3. The van der Waals surface area contributed by atoms with Crippen LogP contribution in [0.25, 0.3) is 0 Å². The summed E-state index contributed by atoms with van der Waals surface area (Å²) in [5, 5.41) is 11.0. The Morgan fingerprint density at radius 2 is 1.94 bits per heavy atom. The molecule has 0 aliphatic carbocycles. The van der Waals surface area contributed by atoms with E-state index < -0.39 is 22.5 Å². The molecule has 0 unspecified atom stereocenters. The maximum atomic E-state index is 13.5. The molecule has 2 aromatic carbocycles. The number of thioether (sulfide) groups is 1. The number of carbonyl (C=O) groups is 1. The van der Waals surface area contributed by atoms with E-state index in [-0.39, 0.29) is 4.90 Å². The number of benzene rings is 2. The van der Waals surface area contributed by atoms with Crippen LogP contribution >= 0.6 is 39.0 Å². The minimum absolute atomic E-state index is 0.0257. The highest BCUT2D eigenvalue weighted by Crippen LogP contribution is 2.31. The van der Waals surface area contributed by atoms with Crippen LogP contribution in [0.3, 0.4) is 0 Å². The fourth-order valence-corrected chi connectivity index (χ4v) is 6.59. The van der Waals surface area contributed by atoms with Crippen LogP contribution in [-0.4, -0.2) is 43.9 Å². The number of aromatic nitrogens is 2. The van der Waals surface area contributed by atoms with E-state index in [0.29, 0.717) is 21.0 Å². The van der Waals surface area contributed by atoms with Crippen LogP contribution in [-0.2, 0) is 14.8 Å². The SMILES string of the molecule is CCCSc1nnc(NC(=O)CN(c2ccc(C)cc2)S(=O)(=O)c2ccc(OC)c(Br)c2)s1. The fourth-order valence-electron chi connectivity index (χ4n) is 2.76. The Bertz CT molecular complexity index is 1220. The number of ether oxygens (including phenoxy) is 1. The van der Waals surface area contributed by atoms with E-state index in [1.807, 2.05) is 6.92 Å². The molecular weight excluding hydrogens is 548 g/mol. The van der Waals surface area contributed by atoms with E-state index in [0.717, 1.165) is 26.4 Å². The molecule has 0 spiro atoms. The topological polar surface area (TPSA) is 101 Å². The molecule has 0 aliphatic heterocycles. The highest BCUT2D eigenvalue weighted by molar-refractivity contribution is 9.10. The second-order valence-corrected chi connectivity index (χ2v) is 11.9. The number of nitrogens with one attached hydrogen (secondary N) is 1. The van der Waals surface area contributed by atoms with Crippen LogP contribution in [0.2, 0.25) is 0 Å². The van der Waals surface area contributed by atoms with Crippen molar-refractivity contribution < 1.29 is 17.9 Å². The lowest BCUT2D eigenvalue weighted by molar-refractivity contribution is -0.114. The van der Waals surface area contributed by atoms with Crippen LogP contribution in [0.4, 0.5) is 10.8 Å². The third-order valence-corrected chi connectivity index (χ3v) is 8.97. The Labute approximate surface area is 209 Å². The summed E-state index contributed by atoms with van der Waals surface area (Å²) < 4.78 is 34.6. The number of methoxy groups -OCH3 is 1. The number of amides is 1. The number of hydrogen-bond donors (Lipinski definition) is 1. The molecule has 0 bridgehead atoms. The fraction of sp³-hybridized carbons (Fsp3) is 0.286. The molecule has 1 aromatic heterocycles. The zero-order valence-corrected chi connectivity index (χ0v) is 22.3. The predicted molar refractivity (Wildman–Crippen MR) is 136 cm³/mol. The molecule has 3 rings (SSSR count). The number of aryl methyl sites for hydroxylation is 1. The van der Waals surface area contributed by atoms with Crippen molar-refractivity contribution in [1.29, 1.82) is 0 Å². The van der Waals surface area contributed by atoms with Crippen molar-refractivity contribution in [2.45, 2.75) is 29.5 Å². The Kier molecular flexibility index (Phi) is 8.74. The molecule has 0 atom stereocenters. The van der Waals surface area contributed by atoms with Gasteiger partial charge in [0.25, 0.3) is 10.0 Å². The van der Waals surface area contributed by atoms with Crippen molar-refractivity contribution in [1.82, 2.24) is 10.2 Å². The minimum atomic E-state index is -4.06. The van der Waals surface area contributed by atoms with Gasteiger partial charge in [0.2, 0.25) is 11.0 Å². The largest absolute Gasteiger partial charge is 0.496 e. The Morgan fingerprint density at radius 3 is 2.58 bits per heavy atom. The molecule has 0 radical (unpaired) electrons. The number of sulfonamides is 1. The summed E-state index contributed by atoms with van der Waals surface area (Å²) in [6.45, 7) is 3.55. The maximum Gasteiger partial charge on any atom is 0.264 e. The van der Waals surface area contributed by atoms with Crippen LogP contribution in [0.1, 0.15) is 18.9 Å². The Hall–Kier alpha value is -2.15. The van der Waals surface area contributed by atoms with E-state index in [2.05, 4.69) is 38.4 Å². The molecule has 8 nitrogen and oxygen atoms in total. The van der Waals surface area contributed by atoms with Gasteiger partial charge in [0, 0.05) is 5.75 Å². The first kappa shape index (κ1) is 25.5. The van der Waals surface area contributed by atoms with Crippen molar-refractivity contribution >= 4 is 65.8 Å². The monoisotopic (exact) mass is 570 g/mol. The van der Waals surface area contributed by atoms with Gasteiger partial charge in [-0.1, -0.05) is 47.7 Å². The summed E-state index contributed by atoms with van der Waals surface area (Å²) in [5.74, 6) is 0.885. The highest BCUT2D eigenvalue weighted by Gasteiger charge is 2.28. The molecule has 1 N–H and O–H groups in total. The molecule has 0 saturated carbocycles. The number of rotatable bonds is 10. The average Bonchev–Trinajstić information content (AvgIpc) is 3.23. The van der Waals surface area contributed by atoms with Crippen LogP contribution in [0.5, 0.6) is 5.75 Å². The molecule has 3 aromatic rings. The number of nitrogens with zero attached hydrogens (tertiary/aromatic N) is 3. The Morgan fingerprint density at radius 1 is 1.21 bits per heavy atom. The summed E-state index contributed by atoms with van der Waals surface area (Å²) in [6.07, 6.45) is 0.997. The molecule has 0 saturated heterocycles. The molecule has 33 heavy (non-hydrogen) atoms. The minimum Gasteiger partial charge on any atom is -0.496 e. The van der Waals surface area contributed by atoms with Crippen LogP contribution < -0.4 is 14.4 Å². The third-order valence-electron chi connectivity index (χ3n) is 4.40. The summed E-state index contributed by atoms with van der Waals surface area (Å²) in [5.41, 5.74) is 1.35. The summed E-state index contributed by atoms with van der Waals surface area (Å²) in [7, 11) is -2.56. The number of carbonyl (C=O) groups excluding carboxylic acids is 1.